The Morgan fingerprint density at radius 3 is 1.57 bits per heavy atom. The van der Waals surface area contributed by atoms with Gasteiger partial charge in [-0.3, -0.25) is 0 Å². The molecule has 0 unspecified atom stereocenters. The number of hydrogen-bond acceptors (Lipinski definition) is 1. The van der Waals surface area contributed by atoms with E-state index in [1.165, 1.54) is 11.1 Å². The molecule has 0 aliphatic carbocycles. The van der Waals surface area contributed by atoms with E-state index in [-0.39, 0.29) is 0 Å². The Balaban J connectivity index is 3.08. The Bertz CT molecular complexity index is 930. The monoisotopic (exact) mass is 396 g/mol. The van der Waals surface area contributed by atoms with Crippen molar-refractivity contribution in [3.8, 4) is 5.75 Å². The zero-order chi connectivity index (χ0) is 22.0. The highest BCUT2D eigenvalue weighted by Crippen LogP contribution is 2.47. The van der Waals surface area contributed by atoms with Gasteiger partial charge in [-0.25, -0.2) is 0 Å². The lowest BCUT2D eigenvalue weighted by molar-refractivity contribution is 0.414. The first-order valence-corrected chi connectivity index (χ1v) is 10.2. The number of benzene rings is 2. The molecule has 2 aromatic rings. The summed E-state index contributed by atoms with van der Waals surface area (Å²) >= 11 is 0. The molecule has 0 radical (unpaired) electrons. The summed E-state index contributed by atoms with van der Waals surface area (Å²) in [6.07, 6.45) is 16.3. The quantitative estimate of drug-likeness (QED) is 0.395. The van der Waals surface area contributed by atoms with Gasteiger partial charge in [0.2, 0.25) is 0 Å². The molecule has 0 saturated carbocycles. The van der Waals surface area contributed by atoms with Crippen LogP contribution < -0.4 is 4.74 Å². The van der Waals surface area contributed by atoms with Crippen molar-refractivity contribution in [1.29, 1.82) is 0 Å². The predicted molar refractivity (Wildman–Crippen MR) is 131 cm³/mol. The average Bonchev–Trinajstić information content (AvgIpc) is 2.76. The molecule has 1 nitrogen and oxygen atoms in total. The lowest BCUT2D eigenvalue weighted by Crippen LogP contribution is -2.32. The van der Waals surface area contributed by atoms with Gasteiger partial charge in [0.05, 0.1) is 12.5 Å². The third-order valence-corrected chi connectivity index (χ3v) is 5.16. The van der Waals surface area contributed by atoms with Crippen LogP contribution in [0.25, 0.3) is 0 Å². The van der Waals surface area contributed by atoms with Gasteiger partial charge in [0.1, 0.15) is 5.75 Å². The molecular weight excluding hydrogens is 364 g/mol. The van der Waals surface area contributed by atoms with E-state index in [1.807, 2.05) is 38.1 Å². The molecule has 0 heterocycles. The van der Waals surface area contributed by atoms with Gasteiger partial charge in [0.25, 0.3) is 0 Å². The van der Waals surface area contributed by atoms with Gasteiger partial charge in [0.15, 0.2) is 0 Å². The summed E-state index contributed by atoms with van der Waals surface area (Å²) in [5, 5.41) is 0. The van der Waals surface area contributed by atoms with Crippen LogP contribution in [0.5, 0.6) is 5.75 Å². The van der Waals surface area contributed by atoms with Crippen LogP contribution in [0, 0.1) is 6.92 Å². The summed E-state index contributed by atoms with van der Waals surface area (Å²) in [6.45, 7) is 14.2. The maximum atomic E-state index is 5.42. The van der Waals surface area contributed by atoms with E-state index < -0.39 is 5.41 Å². The zero-order valence-electron chi connectivity index (χ0n) is 18.6. The highest BCUT2D eigenvalue weighted by atomic mass is 16.5. The van der Waals surface area contributed by atoms with Crippen LogP contribution in [0.4, 0.5) is 0 Å². The highest BCUT2D eigenvalue weighted by Gasteiger charge is 2.39. The summed E-state index contributed by atoms with van der Waals surface area (Å²) in [5.41, 5.74) is 5.25. The number of aryl methyl sites for hydroxylation is 1. The lowest BCUT2D eigenvalue weighted by Gasteiger charge is -2.38. The molecule has 0 aliphatic rings. The highest BCUT2D eigenvalue weighted by molar-refractivity contribution is 5.64. The molecule has 2 aromatic carbocycles. The van der Waals surface area contributed by atoms with Crippen LogP contribution in [0.1, 0.15) is 30.5 Å². The van der Waals surface area contributed by atoms with Gasteiger partial charge in [-0.2, -0.15) is 0 Å². The predicted octanol–water partition coefficient (Wildman–Crippen LogP) is 7.67. The van der Waals surface area contributed by atoms with E-state index in [0.717, 1.165) is 22.5 Å². The van der Waals surface area contributed by atoms with Gasteiger partial charge in [-0.15, -0.1) is 0 Å². The van der Waals surface area contributed by atoms with Crippen LogP contribution in [-0.4, -0.2) is 7.11 Å². The normalized spacial score (nSPS) is 14.7. The lowest BCUT2D eigenvalue weighted by atomic mass is 9.63. The minimum Gasteiger partial charge on any atom is -0.497 e. The summed E-state index contributed by atoms with van der Waals surface area (Å²) in [6, 6.07) is 17.0. The van der Waals surface area contributed by atoms with Crippen molar-refractivity contribution in [3.05, 3.63) is 138 Å². The first-order chi connectivity index (χ1) is 14.6. The topological polar surface area (TPSA) is 9.23 Å². The molecule has 0 fully saturated rings. The zero-order valence-corrected chi connectivity index (χ0v) is 18.6. The van der Waals surface area contributed by atoms with Gasteiger partial charge in [0, 0.05) is 0 Å². The van der Waals surface area contributed by atoms with Crippen molar-refractivity contribution >= 4 is 0 Å². The fourth-order valence-electron chi connectivity index (χ4n) is 3.87. The fraction of sp³-hybridized carbons (Fsp3) is 0.172. The van der Waals surface area contributed by atoms with Gasteiger partial charge >= 0.3 is 0 Å². The van der Waals surface area contributed by atoms with Crippen LogP contribution in [0.15, 0.2) is 121 Å². The first-order valence-electron chi connectivity index (χ1n) is 10.2. The van der Waals surface area contributed by atoms with Gasteiger partial charge < -0.3 is 4.74 Å². The van der Waals surface area contributed by atoms with Gasteiger partial charge in [-0.05, 0) is 55.2 Å². The van der Waals surface area contributed by atoms with Crippen molar-refractivity contribution in [2.24, 2.45) is 0 Å². The Labute approximate surface area is 182 Å². The number of hydrogen-bond donors (Lipinski definition) is 0. The number of allylic oxidation sites excluding steroid dienone is 10. The summed E-state index contributed by atoms with van der Waals surface area (Å²) < 4.78 is 5.42. The maximum Gasteiger partial charge on any atom is 0.118 e. The largest absolute Gasteiger partial charge is 0.497 e. The summed E-state index contributed by atoms with van der Waals surface area (Å²) in [4.78, 5) is 0. The summed E-state index contributed by atoms with van der Waals surface area (Å²) in [7, 11) is 1.69. The van der Waals surface area contributed by atoms with Crippen molar-refractivity contribution in [1.82, 2.24) is 0 Å². The van der Waals surface area contributed by atoms with Crippen LogP contribution in [-0.2, 0) is 5.41 Å². The third-order valence-electron chi connectivity index (χ3n) is 5.16. The van der Waals surface area contributed by atoms with Crippen LogP contribution >= 0.6 is 0 Å². The van der Waals surface area contributed by atoms with E-state index in [4.69, 9.17) is 4.74 Å². The van der Waals surface area contributed by atoms with E-state index in [0.29, 0.717) is 0 Å². The van der Waals surface area contributed by atoms with E-state index >= 15 is 0 Å². The Hall–Kier alpha value is -3.32. The number of ether oxygens (including phenoxy) is 1. The first kappa shape index (κ1) is 23.0. The molecule has 2 rings (SSSR count). The van der Waals surface area contributed by atoms with Crippen LogP contribution in [0.2, 0.25) is 0 Å². The molecule has 0 aromatic heterocycles. The van der Waals surface area contributed by atoms with E-state index in [1.54, 1.807) is 7.11 Å². The van der Waals surface area contributed by atoms with Crippen molar-refractivity contribution in [2.45, 2.75) is 26.2 Å². The number of rotatable bonds is 9. The van der Waals surface area contributed by atoms with Crippen molar-refractivity contribution in [3.63, 3.8) is 0 Å². The molecule has 154 valence electrons. The molecule has 0 bridgehead atoms. The minimum absolute atomic E-state index is 0.540. The van der Waals surface area contributed by atoms with Crippen molar-refractivity contribution < 1.29 is 4.74 Å². The Morgan fingerprint density at radius 2 is 1.20 bits per heavy atom. The van der Waals surface area contributed by atoms with Crippen LogP contribution in [0.3, 0.4) is 0 Å². The minimum atomic E-state index is -0.540. The smallest absolute Gasteiger partial charge is 0.118 e. The molecular formula is C29H32O. The maximum absolute atomic E-state index is 5.42. The second-order valence-corrected chi connectivity index (χ2v) is 7.06. The molecule has 0 aliphatic heterocycles. The molecule has 0 N–H and O–H groups in total. The van der Waals surface area contributed by atoms with Gasteiger partial charge in [-0.1, -0.05) is 104 Å². The molecule has 0 amide bonds. The molecule has 0 saturated heterocycles. The molecule has 0 atom stereocenters. The molecule has 0 spiro atoms. The summed E-state index contributed by atoms with van der Waals surface area (Å²) in [5.74, 6) is 0.831. The second kappa shape index (κ2) is 11.0. The molecule has 30 heavy (non-hydrogen) atoms. The fourth-order valence-corrected chi connectivity index (χ4v) is 3.87. The standard InChI is InChI=1S/C29H32O/c1-7-11-24(12-8-2)29(25(13-9-3)14-10-4,26-17-15-23(5)16-18-26)27-19-21-28(30-6)22-20-27/h7-22H,1,3H2,2,4-6H3/b12-8-,14-10-,24-11+,25-13+. The Morgan fingerprint density at radius 1 is 0.767 bits per heavy atom. The molecule has 1 heteroatoms. The average molecular weight is 397 g/mol. The Kier molecular flexibility index (Phi) is 8.43. The second-order valence-electron chi connectivity index (χ2n) is 7.06. The number of methoxy groups -OCH3 is 1. The third kappa shape index (κ3) is 4.63. The van der Waals surface area contributed by atoms with Crippen molar-refractivity contribution in [2.75, 3.05) is 7.11 Å². The van der Waals surface area contributed by atoms with E-state index in [2.05, 4.69) is 92.9 Å². The SMILES string of the molecule is C=C/C=C(\C=C/C)C(C(/C=C\C)=C/C=C)(c1ccc(C)cc1)c1ccc(OC)cc1. The van der Waals surface area contributed by atoms with E-state index in [9.17, 15) is 0 Å².